The zero-order valence-electron chi connectivity index (χ0n) is 20.4. The van der Waals surface area contributed by atoms with Crippen molar-refractivity contribution in [2.75, 3.05) is 25.6 Å². The Labute approximate surface area is 231 Å². The van der Waals surface area contributed by atoms with Crippen molar-refractivity contribution in [3.05, 3.63) is 81.4 Å². The first kappa shape index (κ1) is 27.2. The normalized spacial score (nSPS) is 14.9. The van der Waals surface area contributed by atoms with Gasteiger partial charge in [-0.15, -0.1) is 0 Å². The average Bonchev–Trinajstić information content (AvgIpc) is 3.23. The lowest BCUT2D eigenvalue weighted by molar-refractivity contribution is -0.118. The largest absolute Gasteiger partial charge is 0.494 e. The highest BCUT2D eigenvalue weighted by atomic mass is 79.9. The molecule has 196 valence electrons. The van der Waals surface area contributed by atoms with Crippen LogP contribution in [-0.4, -0.2) is 37.3 Å². The van der Waals surface area contributed by atoms with Gasteiger partial charge in [-0.3, -0.25) is 9.59 Å². The van der Waals surface area contributed by atoms with Crippen LogP contribution in [0.1, 0.15) is 12.5 Å². The molecule has 2 amide bonds. The number of amides is 2. The molecule has 1 aliphatic heterocycles. The Balaban J connectivity index is 1.44. The number of amidine groups is 1. The summed E-state index contributed by atoms with van der Waals surface area (Å²) in [6.07, 6.45) is 1.71. The van der Waals surface area contributed by atoms with Crippen LogP contribution in [0, 0.1) is 5.82 Å². The van der Waals surface area contributed by atoms with Gasteiger partial charge in [0.1, 0.15) is 11.6 Å². The number of nitrogens with zero attached hydrogens (tertiary/aromatic N) is 1. The maximum atomic E-state index is 13.1. The van der Waals surface area contributed by atoms with Crippen molar-refractivity contribution < 1.29 is 28.2 Å². The first-order chi connectivity index (χ1) is 18.3. The fourth-order valence-corrected chi connectivity index (χ4v) is 4.78. The van der Waals surface area contributed by atoms with E-state index in [-0.39, 0.29) is 12.5 Å². The van der Waals surface area contributed by atoms with E-state index < -0.39 is 11.7 Å². The second-order valence-corrected chi connectivity index (χ2v) is 9.67. The van der Waals surface area contributed by atoms with Gasteiger partial charge < -0.3 is 24.8 Å². The lowest BCUT2D eigenvalue weighted by atomic mass is 10.2. The van der Waals surface area contributed by atoms with Crippen molar-refractivity contribution in [2.45, 2.75) is 6.92 Å². The number of rotatable bonds is 9. The number of halogens is 2. The second-order valence-electron chi connectivity index (χ2n) is 7.79. The number of thioether (sulfide) groups is 1. The molecule has 4 rings (SSSR count). The molecule has 38 heavy (non-hydrogen) atoms. The minimum Gasteiger partial charge on any atom is -0.494 e. The van der Waals surface area contributed by atoms with Crippen molar-refractivity contribution in [1.29, 1.82) is 0 Å². The Bertz CT molecular complexity index is 1400. The molecule has 1 fully saturated rings. The Hall–Kier alpha value is -3.83. The lowest BCUT2D eigenvalue weighted by Crippen LogP contribution is -2.20. The maximum Gasteiger partial charge on any atom is 0.264 e. The molecule has 11 heteroatoms. The standard InChI is InChI=1S/C27H23BrFN3O5S/c1-3-36-20-10-8-19(9-11-20)31-27-32-26(34)23(38-27)14-16-12-21(28)25(22(13-16)35-2)37-15-24(33)30-18-6-4-17(29)5-7-18/h4-14H,3,15H2,1-2H3,(H,30,33)(H,31,32,34)/b23-14+. The molecule has 0 aromatic heterocycles. The third-order valence-corrected chi connectivity index (χ3v) is 6.55. The van der Waals surface area contributed by atoms with Crippen molar-refractivity contribution in [2.24, 2.45) is 4.99 Å². The predicted octanol–water partition coefficient (Wildman–Crippen LogP) is 5.90. The van der Waals surface area contributed by atoms with E-state index in [2.05, 4.69) is 31.6 Å². The second kappa shape index (κ2) is 12.6. The van der Waals surface area contributed by atoms with Crippen LogP contribution in [0.3, 0.4) is 0 Å². The van der Waals surface area contributed by atoms with Crippen LogP contribution in [0.15, 0.2) is 75.0 Å². The van der Waals surface area contributed by atoms with E-state index >= 15 is 0 Å². The fraction of sp³-hybridized carbons (Fsp3) is 0.148. The highest BCUT2D eigenvalue weighted by Gasteiger charge is 2.24. The highest BCUT2D eigenvalue weighted by molar-refractivity contribution is 9.10. The van der Waals surface area contributed by atoms with Crippen molar-refractivity contribution in [3.63, 3.8) is 0 Å². The van der Waals surface area contributed by atoms with E-state index in [0.29, 0.717) is 49.6 Å². The van der Waals surface area contributed by atoms with Crippen molar-refractivity contribution >= 4 is 62.1 Å². The quantitative estimate of drug-likeness (QED) is 0.297. The van der Waals surface area contributed by atoms with E-state index in [9.17, 15) is 14.0 Å². The van der Waals surface area contributed by atoms with Crippen LogP contribution >= 0.6 is 27.7 Å². The predicted molar refractivity (Wildman–Crippen MR) is 150 cm³/mol. The smallest absolute Gasteiger partial charge is 0.264 e. The summed E-state index contributed by atoms with van der Waals surface area (Å²) in [7, 11) is 1.47. The number of hydrogen-bond donors (Lipinski definition) is 2. The summed E-state index contributed by atoms with van der Waals surface area (Å²) in [5.74, 6) is 0.355. The zero-order valence-corrected chi connectivity index (χ0v) is 22.8. The maximum absolute atomic E-state index is 13.1. The Kier molecular flexibility index (Phi) is 9.03. The number of aliphatic imine (C=N–C) groups is 1. The van der Waals surface area contributed by atoms with E-state index in [1.807, 2.05) is 31.2 Å². The molecule has 1 heterocycles. The van der Waals surface area contributed by atoms with Gasteiger partial charge >= 0.3 is 0 Å². The summed E-state index contributed by atoms with van der Waals surface area (Å²) in [4.78, 5) is 29.7. The number of carbonyl (C=O) groups excluding carboxylic acids is 2. The Morgan fingerprint density at radius 2 is 1.87 bits per heavy atom. The number of benzene rings is 3. The summed E-state index contributed by atoms with van der Waals surface area (Å²) in [6, 6.07) is 16.1. The molecule has 0 unspecified atom stereocenters. The van der Waals surface area contributed by atoms with Gasteiger partial charge in [-0.05, 0) is 107 Å². The molecule has 3 aromatic rings. The van der Waals surface area contributed by atoms with E-state index in [4.69, 9.17) is 14.2 Å². The minimum atomic E-state index is -0.421. The van der Waals surface area contributed by atoms with Gasteiger partial charge in [-0.25, -0.2) is 9.38 Å². The zero-order chi connectivity index (χ0) is 27.1. The van der Waals surface area contributed by atoms with Gasteiger partial charge in [0.15, 0.2) is 23.3 Å². The molecule has 0 spiro atoms. The number of hydrogen-bond acceptors (Lipinski definition) is 7. The summed E-state index contributed by atoms with van der Waals surface area (Å²) in [5, 5.41) is 5.86. The molecule has 0 atom stereocenters. The number of ether oxygens (including phenoxy) is 3. The van der Waals surface area contributed by atoms with Crippen molar-refractivity contribution in [3.8, 4) is 17.2 Å². The summed E-state index contributed by atoms with van der Waals surface area (Å²) in [5.41, 5.74) is 1.81. The van der Waals surface area contributed by atoms with Crippen LogP contribution in [0.2, 0.25) is 0 Å². The number of nitrogens with one attached hydrogen (secondary N) is 2. The first-order valence-electron chi connectivity index (χ1n) is 11.4. The topological polar surface area (TPSA) is 98.3 Å². The number of methoxy groups -OCH3 is 1. The third kappa shape index (κ3) is 7.14. The van der Waals surface area contributed by atoms with Crippen LogP contribution in [0.4, 0.5) is 15.8 Å². The van der Waals surface area contributed by atoms with Gasteiger partial charge in [-0.2, -0.15) is 0 Å². The van der Waals surface area contributed by atoms with Crippen LogP contribution in [0.5, 0.6) is 17.2 Å². The first-order valence-corrected chi connectivity index (χ1v) is 13.0. The lowest BCUT2D eigenvalue weighted by Gasteiger charge is -2.14. The van der Waals surface area contributed by atoms with Gasteiger partial charge in [0, 0.05) is 5.69 Å². The van der Waals surface area contributed by atoms with E-state index in [0.717, 1.165) is 5.75 Å². The SMILES string of the molecule is CCOc1ccc(N=C2NC(=O)/C(=C\c3cc(Br)c(OCC(=O)Nc4ccc(F)cc4)c(OC)c3)S2)cc1. The molecule has 1 saturated heterocycles. The van der Waals surface area contributed by atoms with Crippen LogP contribution in [-0.2, 0) is 9.59 Å². The molecule has 3 aromatic carbocycles. The molecule has 0 saturated carbocycles. The molecule has 0 aliphatic carbocycles. The van der Waals surface area contributed by atoms with E-state index in [1.165, 1.54) is 43.1 Å². The molecule has 2 N–H and O–H groups in total. The Morgan fingerprint density at radius 1 is 1.13 bits per heavy atom. The van der Waals surface area contributed by atoms with E-state index in [1.54, 1.807) is 18.2 Å². The van der Waals surface area contributed by atoms with Crippen LogP contribution in [0.25, 0.3) is 6.08 Å². The molecule has 0 bridgehead atoms. The average molecular weight is 600 g/mol. The van der Waals surface area contributed by atoms with Gasteiger partial charge in [0.25, 0.3) is 11.8 Å². The van der Waals surface area contributed by atoms with Gasteiger partial charge in [0.05, 0.1) is 28.8 Å². The monoisotopic (exact) mass is 599 g/mol. The molecule has 1 aliphatic rings. The fourth-order valence-electron chi connectivity index (χ4n) is 3.36. The third-order valence-electron chi connectivity index (χ3n) is 5.05. The summed E-state index contributed by atoms with van der Waals surface area (Å²) >= 11 is 4.67. The van der Waals surface area contributed by atoms with Gasteiger partial charge in [0.2, 0.25) is 0 Å². The highest BCUT2D eigenvalue weighted by Crippen LogP contribution is 2.38. The molecule has 8 nitrogen and oxygen atoms in total. The molecule has 0 radical (unpaired) electrons. The molecular formula is C27H23BrFN3O5S. The van der Waals surface area contributed by atoms with Crippen LogP contribution < -0.4 is 24.8 Å². The summed E-state index contributed by atoms with van der Waals surface area (Å²) in [6.45, 7) is 2.20. The Morgan fingerprint density at radius 3 is 2.55 bits per heavy atom. The molecular weight excluding hydrogens is 577 g/mol. The van der Waals surface area contributed by atoms with Crippen molar-refractivity contribution in [1.82, 2.24) is 5.32 Å². The number of carbonyl (C=O) groups is 2. The minimum absolute atomic E-state index is 0.271. The summed E-state index contributed by atoms with van der Waals surface area (Å²) < 4.78 is 30.1. The van der Waals surface area contributed by atoms with Gasteiger partial charge in [-0.1, -0.05) is 0 Å². The number of anilines is 1.